The Labute approximate surface area is 210 Å². The van der Waals surface area contributed by atoms with Gasteiger partial charge in [0.25, 0.3) is 5.91 Å². The Kier molecular flexibility index (Phi) is 5.26. The van der Waals surface area contributed by atoms with Gasteiger partial charge >= 0.3 is 0 Å². The molecule has 2 aromatic heterocycles. The summed E-state index contributed by atoms with van der Waals surface area (Å²) in [5.41, 5.74) is 2.89. The van der Waals surface area contributed by atoms with Crippen LogP contribution < -0.4 is 19.8 Å². The van der Waals surface area contributed by atoms with Crippen molar-refractivity contribution in [2.24, 2.45) is 0 Å². The number of carbonyl (C=O) groups is 1. The lowest BCUT2D eigenvalue weighted by molar-refractivity contribution is 0.0971. The summed E-state index contributed by atoms with van der Waals surface area (Å²) in [5, 5.41) is 0.921. The maximum atomic E-state index is 13.9. The smallest absolute Gasteiger partial charge is 0.297 e. The normalized spacial score (nSPS) is 15.0. The lowest BCUT2D eigenvalue weighted by atomic mass is 9.98. The van der Waals surface area contributed by atoms with Crippen LogP contribution in [0.25, 0.3) is 21.2 Å². The number of fused-ring (bicyclic) bond motifs is 3. The monoisotopic (exact) mass is 498 g/mol. The van der Waals surface area contributed by atoms with Gasteiger partial charge in [0, 0.05) is 0 Å². The van der Waals surface area contributed by atoms with E-state index in [4.69, 9.17) is 18.9 Å². The van der Waals surface area contributed by atoms with Gasteiger partial charge in [-0.3, -0.25) is 14.5 Å². The molecule has 0 spiro atoms. The van der Waals surface area contributed by atoms with Crippen molar-refractivity contribution in [2.75, 3.05) is 18.6 Å². The first-order chi connectivity index (χ1) is 17.5. The fourth-order valence-corrected chi connectivity index (χ4v) is 5.68. The molecule has 3 heterocycles. The SMILES string of the molecule is CCOc1cccc([C@H]2c3c(oc4ccc(C)cc4c3=O)C(=O)N2c2nc3ccc(OC)cc3s2)c1. The summed E-state index contributed by atoms with van der Waals surface area (Å²) >= 11 is 1.36. The molecule has 6 rings (SSSR count). The zero-order valence-corrected chi connectivity index (χ0v) is 20.7. The summed E-state index contributed by atoms with van der Waals surface area (Å²) in [4.78, 5) is 34.0. The van der Waals surface area contributed by atoms with Crippen LogP contribution in [0.5, 0.6) is 11.5 Å². The maximum Gasteiger partial charge on any atom is 0.297 e. The number of thiazole rings is 1. The van der Waals surface area contributed by atoms with Crippen molar-refractivity contribution in [3.05, 3.63) is 93.3 Å². The molecule has 0 fully saturated rings. The molecule has 1 aliphatic heterocycles. The van der Waals surface area contributed by atoms with Crippen LogP contribution in [-0.4, -0.2) is 24.6 Å². The van der Waals surface area contributed by atoms with Crippen LogP contribution >= 0.6 is 11.3 Å². The Morgan fingerprint density at radius 3 is 2.72 bits per heavy atom. The molecular weight excluding hydrogens is 476 g/mol. The van der Waals surface area contributed by atoms with Crippen molar-refractivity contribution in [1.29, 1.82) is 0 Å². The van der Waals surface area contributed by atoms with Gasteiger partial charge in [-0.25, -0.2) is 4.98 Å². The average molecular weight is 499 g/mol. The molecule has 0 saturated carbocycles. The highest BCUT2D eigenvalue weighted by Crippen LogP contribution is 2.44. The first-order valence-corrected chi connectivity index (χ1v) is 12.4. The van der Waals surface area contributed by atoms with E-state index in [9.17, 15) is 9.59 Å². The molecule has 0 radical (unpaired) electrons. The molecule has 1 atom stereocenters. The highest BCUT2D eigenvalue weighted by Gasteiger charge is 2.45. The van der Waals surface area contributed by atoms with E-state index in [1.165, 1.54) is 11.3 Å². The van der Waals surface area contributed by atoms with Crippen molar-refractivity contribution in [3.63, 3.8) is 0 Å². The topological polar surface area (TPSA) is 81.9 Å². The van der Waals surface area contributed by atoms with Crippen molar-refractivity contribution < 1.29 is 18.7 Å². The predicted octanol–water partition coefficient (Wildman–Crippen LogP) is 5.87. The summed E-state index contributed by atoms with van der Waals surface area (Å²) in [5.74, 6) is 1.00. The van der Waals surface area contributed by atoms with Gasteiger partial charge in [0.2, 0.25) is 5.76 Å². The van der Waals surface area contributed by atoms with Gasteiger partial charge in [0.1, 0.15) is 17.1 Å². The van der Waals surface area contributed by atoms with Crippen molar-refractivity contribution in [2.45, 2.75) is 19.9 Å². The second-order valence-electron chi connectivity index (χ2n) is 8.59. The lowest BCUT2D eigenvalue weighted by Crippen LogP contribution is -2.29. The van der Waals surface area contributed by atoms with Gasteiger partial charge in [-0.15, -0.1) is 0 Å². The largest absolute Gasteiger partial charge is 0.497 e. The van der Waals surface area contributed by atoms with Crippen LogP contribution in [0.3, 0.4) is 0 Å². The zero-order chi connectivity index (χ0) is 25.0. The highest BCUT2D eigenvalue weighted by atomic mass is 32.1. The molecule has 0 N–H and O–H groups in total. The number of nitrogens with zero attached hydrogens (tertiary/aromatic N) is 2. The maximum absolute atomic E-state index is 13.9. The summed E-state index contributed by atoms with van der Waals surface area (Å²) in [6.45, 7) is 4.33. The van der Waals surface area contributed by atoms with Crippen LogP contribution in [0.2, 0.25) is 0 Å². The van der Waals surface area contributed by atoms with Gasteiger partial charge in [0.05, 0.1) is 40.9 Å². The van der Waals surface area contributed by atoms with Crippen LogP contribution in [0, 0.1) is 6.92 Å². The standard InChI is InChI=1S/C28H22N2O5S/c1-4-34-18-7-5-6-16(13-18)24-23-25(31)19-12-15(2)8-11-21(19)35-26(23)27(32)30(24)28-29-20-10-9-17(33-3)14-22(20)36-28/h5-14,24H,4H2,1-3H3/t24-/m0/s1. The average Bonchev–Trinajstić information content (AvgIpc) is 3.43. The van der Waals surface area contributed by atoms with Gasteiger partial charge in [-0.1, -0.05) is 35.1 Å². The van der Waals surface area contributed by atoms with Gasteiger partial charge in [-0.05, 0) is 61.9 Å². The number of methoxy groups -OCH3 is 1. The van der Waals surface area contributed by atoms with E-state index in [0.717, 1.165) is 21.3 Å². The molecule has 5 aromatic rings. The van der Waals surface area contributed by atoms with Crippen LogP contribution in [0.15, 0.2) is 69.9 Å². The molecule has 0 aliphatic carbocycles. The fourth-order valence-electron chi connectivity index (χ4n) is 4.66. The van der Waals surface area contributed by atoms with E-state index in [-0.39, 0.29) is 11.2 Å². The van der Waals surface area contributed by atoms with Crippen LogP contribution in [0.1, 0.15) is 40.2 Å². The Bertz CT molecular complexity index is 1720. The van der Waals surface area contributed by atoms with E-state index in [1.54, 1.807) is 24.1 Å². The number of hydrogen-bond donors (Lipinski definition) is 0. The third-order valence-electron chi connectivity index (χ3n) is 6.30. The summed E-state index contributed by atoms with van der Waals surface area (Å²) in [6, 6.07) is 17.7. The fraction of sp³-hybridized carbons (Fsp3) is 0.179. The zero-order valence-electron chi connectivity index (χ0n) is 19.9. The molecule has 7 nitrogen and oxygen atoms in total. The predicted molar refractivity (Wildman–Crippen MR) is 140 cm³/mol. The van der Waals surface area contributed by atoms with E-state index >= 15 is 0 Å². The number of benzene rings is 3. The molecule has 1 amide bonds. The molecule has 1 aliphatic rings. The molecule has 8 heteroatoms. The molecule has 36 heavy (non-hydrogen) atoms. The molecule has 0 saturated heterocycles. The van der Waals surface area contributed by atoms with Crippen molar-refractivity contribution in [1.82, 2.24) is 4.98 Å². The first kappa shape index (κ1) is 22.3. The molecule has 0 unspecified atom stereocenters. The number of aryl methyl sites for hydroxylation is 1. The third kappa shape index (κ3) is 3.45. The number of hydrogen-bond acceptors (Lipinski definition) is 7. The highest BCUT2D eigenvalue weighted by molar-refractivity contribution is 7.22. The molecule has 3 aromatic carbocycles. The molecule has 180 valence electrons. The lowest BCUT2D eigenvalue weighted by Gasteiger charge is -2.23. The Morgan fingerprint density at radius 2 is 1.92 bits per heavy atom. The Hall–Kier alpha value is -4.17. The second-order valence-corrected chi connectivity index (χ2v) is 9.60. The Balaban J connectivity index is 1.61. The van der Waals surface area contributed by atoms with Crippen molar-refractivity contribution >= 4 is 43.6 Å². The van der Waals surface area contributed by atoms with E-state index in [0.29, 0.717) is 39.8 Å². The number of carbonyl (C=O) groups excluding carboxylic acids is 1. The van der Waals surface area contributed by atoms with Gasteiger partial charge in [0.15, 0.2) is 10.6 Å². The quantitative estimate of drug-likeness (QED) is 0.302. The first-order valence-electron chi connectivity index (χ1n) is 11.6. The van der Waals surface area contributed by atoms with Gasteiger partial charge < -0.3 is 13.9 Å². The Morgan fingerprint density at radius 1 is 1.06 bits per heavy atom. The van der Waals surface area contributed by atoms with E-state index in [2.05, 4.69) is 0 Å². The summed E-state index contributed by atoms with van der Waals surface area (Å²) in [7, 11) is 1.61. The minimum Gasteiger partial charge on any atom is -0.497 e. The van der Waals surface area contributed by atoms with E-state index < -0.39 is 11.9 Å². The molecule has 0 bridgehead atoms. The number of ether oxygens (including phenoxy) is 2. The molecular formula is C28H22N2O5S. The summed E-state index contributed by atoms with van der Waals surface area (Å²) < 4.78 is 18.0. The van der Waals surface area contributed by atoms with Crippen LogP contribution in [0.4, 0.5) is 5.13 Å². The number of amides is 1. The minimum atomic E-state index is -0.712. The minimum absolute atomic E-state index is 0.0417. The summed E-state index contributed by atoms with van der Waals surface area (Å²) in [6.07, 6.45) is 0. The van der Waals surface area contributed by atoms with Crippen LogP contribution in [-0.2, 0) is 0 Å². The van der Waals surface area contributed by atoms with Gasteiger partial charge in [-0.2, -0.15) is 0 Å². The number of anilines is 1. The second kappa shape index (κ2) is 8.49. The number of rotatable bonds is 5. The van der Waals surface area contributed by atoms with E-state index in [1.807, 2.05) is 62.4 Å². The third-order valence-corrected chi connectivity index (χ3v) is 7.32. The number of aromatic nitrogens is 1. The van der Waals surface area contributed by atoms with Crippen molar-refractivity contribution in [3.8, 4) is 11.5 Å².